The molecule has 0 fully saturated rings. The predicted molar refractivity (Wildman–Crippen MR) is 111 cm³/mol. The molecule has 0 bridgehead atoms. The van der Waals surface area contributed by atoms with E-state index >= 15 is 0 Å². The number of nitrogens with two attached hydrogens (primary N) is 1. The summed E-state index contributed by atoms with van der Waals surface area (Å²) in [6.45, 7) is 0.168. The van der Waals surface area contributed by atoms with Crippen LogP contribution in [0.5, 0.6) is 11.5 Å². The van der Waals surface area contributed by atoms with Crippen molar-refractivity contribution in [1.29, 1.82) is 0 Å². The summed E-state index contributed by atoms with van der Waals surface area (Å²) in [5, 5.41) is 4.02. The molecule has 4 aromatic rings. The van der Waals surface area contributed by atoms with Crippen LogP contribution in [0.3, 0.4) is 0 Å². The quantitative estimate of drug-likeness (QED) is 0.464. The second-order valence-electron chi connectivity index (χ2n) is 6.64. The first-order chi connectivity index (χ1) is 15.1. The molecule has 1 heterocycles. The van der Waals surface area contributed by atoms with Gasteiger partial charge in [-0.2, -0.15) is 4.98 Å². The van der Waals surface area contributed by atoms with Gasteiger partial charge >= 0.3 is 0 Å². The summed E-state index contributed by atoms with van der Waals surface area (Å²) in [5.74, 6) is 1.08. The van der Waals surface area contributed by atoms with Gasteiger partial charge in [-0.05, 0) is 66.2 Å². The zero-order valence-corrected chi connectivity index (χ0v) is 16.3. The van der Waals surface area contributed by atoms with Crippen molar-refractivity contribution in [3.05, 3.63) is 84.2 Å². The Morgan fingerprint density at radius 1 is 0.871 bits per heavy atom. The van der Waals surface area contributed by atoms with Gasteiger partial charge in [0.05, 0.1) is 0 Å². The van der Waals surface area contributed by atoms with Crippen LogP contribution in [0.25, 0.3) is 22.8 Å². The fourth-order valence-electron chi connectivity index (χ4n) is 2.75. The second kappa shape index (κ2) is 9.08. The number of halogens is 1. The van der Waals surface area contributed by atoms with Crippen LogP contribution in [0.2, 0.25) is 0 Å². The van der Waals surface area contributed by atoms with E-state index in [2.05, 4.69) is 10.1 Å². The third-order valence-electron chi connectivity index (χ3n) is 4.34. The highest BCUT2D eigenvalue weighted by atomic mass is 19.1. The number of carbonyl (C=O) groups excluding carboxylic acids is 1. The van der Waals surface area contributed by atoms with Gasteiger partial charge < -0.3 is 19.7 Å². The van der Waals surface area contributed by atoms with Gasteiger partial charge in [-0.15, -0.1) is 0 Å². The Morgan fingerprint density at radius 3 is 2.16 bits per heavy atom. The summed E-state index contributed by atoms with van der Waals surface area (Å²) < 4.78 is 29.2. The van der Waals surface area contributed by atoms with Crippen molar-refractivity contribution < 1.29 is 23.2 Å². The van der Waals surface area contributed by atoms with E-state index in [1.807, 2.05) is 24.3 Å². The highest BCUT2D eigenvalue weighted by Gasteiger charge is 2.11. The minimum atomic E-state index is -0.542. The Bertz CT molecular complexity index is 1160. The molecule has 0 spiro atoms. The lowest BCUT2D eigenvalue weighted by molar-refractivity contribution is -0.119. The molecule has 0 saturated heterocycles. The Morgan fingerprint density at radius 2 is 1.48 bits per heavy atom. The van der Waals surface area contributed by atoms with Crippen LogP contribution in [-0.2, 0) is 11.4 Å². The molecule has 0 atom stereocenters. The van der Waals surface area contributed by atoms with Gasteiger partial charge in [-0.3, -0.25) is 4.79 Å². The lowest BCUT2D eigenvalue weighted by Crippen LogP contribution is -2.19. The lowest BCUT2D eigenvalue weighted by atomic mass is 10.1. The van der Waals surface area contributed by atoms with Gasteiger partial charge in [-0.1, -0.05) is 17.3 Å². The number of hydrogen-bond donors (Lipinski definition) is 1. The van der Waals surface area contributed by atoms with Crippen molar-refractivity contribution in [1.82, 2.24) is 10.1 Å². The van der Waals surface area contributed by atoms with Crippen LogP contribution < -0.4 is 15.2 Å². The average Bonchev–Trinajstić information content (AvgIpc) is 3.28. The summed E-state index contributed by atoms with van der Waals surface area (Å²) >= 11 is 0. The van der Waals surface area contributed by atoms with Gasteiger partial charge in [0.1, 0.15) is 23.9 Å². The maximum absolute atomic E-state index is 12.9. The molecule has 4 rings (SSSR count). The van der Waals surface area contributed by atoms with E-state index in [4.69, 9.17) is 19.7 Å². The third-order valence-corrected chi connectivity index (χ3v) is 4.34. The lowest BCUT2D eigenvalue weighted by Gasteiger charge is -2.06. The van der Waals surface area contributed by atoms with Crippen molar-refractivity contribution in [2.24, 2.45) is 5.73 Å². The first-order valence-corrected chi connectivity index (χ1v) is 9.40. The number of carbonyl (C=O) groups is 1. The summed E-state index contributed by atoms with van der Waals surface area (Å²) in [6.07, 6.45) is 0. The molecule has 0 aliphatic rings. The molecule has 3 aromatic carbocycles. The molecule has 0 saturated carbocycles. The van der Waals surface area contributed by atoms with Crippen LogP contribution in [0, 0.1) is 5.82 Å². The van der Waals surface area contributed by atoms with Crippen molar-refractivity contribution in [3.63, 3.8) is 0 Å². The smallest absolute Gasteiger partial charge is 0.258 e. The normalized spacial score (nSPS) is 10.6. The fraction of sp³-hybridized carbons (Fsp3) is 0.0870. The molecule has 156 valence electrons. The first-order valence-electron chi connectivity index (χ1n) is 9.40. The van der Waals surface area contributed by atoms with Crippen LogP contribution in [0.1, 0.15) is 5.56 Å². The number of benzene rings is 3. The van der Waals surface area contributed by atoms with E-state index in [1.165, 1.54) is 12.1 Å². The molecule has 8 heteroatoms. The minimum absolute atomic E-state index is 0.184. The molecule has 0 radical (unpaired) electrons. The molecule has 0 aliphatic heterocycles. The van der Waals surface area contributed by atoms with Crippen molar-refractivity contribution >= 4 is 5.91 Å². The highest BCUT2D eigenvalue weighted by Crippen LogP contribution is 2.24. The molecule has 0 aliphatic carbocycles. The third kappa shape index (κ3) is 5.24. The molecule has 2 N–H and O–H groups in total. The Balaban J connectivity index is 1.39. The standard InChI is InChI=1S/C23H18FN3O4/c24-18-7-11-20(12-8-18)29-13-15-1-3-17(4-2-15)23-26-22(27-31-23)16-5-9-19(10-6-16)30-14-21(25)28/h1-12H,13-14H2,(H2,25,28). The van der Waals surface area contributed by atoms with E-state index in [-0.39, 0.29) is 12.4 Å². The zero-order valence-electron chi connectivity index (χ0n) is 16.3. The van der Waals surface area contributed by atoms with E-state index < -0.39 is 5.91 Å². The van der Waals surface area contributed by atoms with Gasteiger partial charge in [-0.25, -0.2) is 4.39 Å². The molecule has 0 unspecified atom stereocenters. The predicted octanol–water partition coefficient (Wildman–Crippen LogP) is 3.99. The summed E-state index contributed by atoms with van der Waals surface area (Å²) in [6, 6.07) is 20.3. The molecule has 7 nitrogen and oxygen atoms in total. The molecule has 1 aromatic heterocycles. The fourth-order valence-corrected chi connectivity index (χ4v) is 2.75. The number of aromatic nitrogens is 2. The van der Waals surface area contributed by atoms with Crippen LogP contribution in [0.4, 0.5) is 4.39 Å². The van der Waals surface area contributed by atoms with E-state index in [1.54, 1.807) is 36.4 Å². The second-order valence-corrected chi connectivity index (χ2v) is 6.64. The molecular weight excluding hydrogens is 401 g/mol. The molecular formula is C23H18FN3O4. The Hall–Kier alpha value is -4.20. The topological polar surface area (TPSA) is 100 Å². The average molecular weight is 419 g/mol. The monoisotopic (exact) mass is 419 g/mol. The number of amides is 1. The van der Waals surface area contributed by atoms with Crippen LogP contribution >= 0.6 is 0 Å². The zero-order chi connectivity index (χ0) is 21.6. The minimum Gasteiger partial charge on any atom is -0.489 e. The van der Waals surface area contributed by atoms with Gasteiger partial charge in [0, 0.05) is 11.1 Å². The SMILES string of the molecule is NC(=O)COc1ccc(-c2noc(-c3ccc(COc4ccc(F)cc4)cc3)n2)cc1. The van der Waals surface area contributed by atoms with E-state index in [0.29, 0.717) is 29.8 Å². The molecule has 1 amide bonds. The summed E-state index contributed by atoms with van der Waals surface area (Å²) in [5.41, 5.74) is 7.52. The van der Waals surface area contributed by atoms with Crippen LogP contribution in [-0.4, -0.2) is 22.7 Å². The summed E-state index contributed by atoms with van der Waals surface area (Å²) in [7, 11) is 0. The number of nitrogens with zero attached hydrogens (tertiary/aromatic N) is 2. The number of rotatable bonds is 8. The number of hydrogen-bond acceptors (Lipinski definition) is 6. The molecule has 31 heavy (non-hydrogen) atoms. The van der Waals surface area contributed by atoms with E-state index in [9.17, 15) is 9.18 Å². The van der Waals surface area contributed by atoms with Crippen LogP contribution in [0.15, 0.2) is 77.3 Å². The Labute approximate surface area is 177 Å². The maximum atomic E-state index is 12.9. The number of ether oxygens (including phenoxy) is 2. The largest absolute Gasteiger partial charge is 0.489 e. The van der Waals surface area contributed by atoms with Gasteiger partial charge in [0.15, 0.2) is 6.61 Å². The Kier molecular flexibility index (Phi) is 5.89. The van der Waals surface area contributed by atoms with Crippen molar-refractivity contribution in [2.45, 2.75) is 6.61 Å². The van der Waals surface area contributed by atoms with Crippen molar-refractivity contribution in [2.75, 3.05) is 6.61 Å². The maximum Gasteiger partial charge on any atom is 0.258 e. The number of primary amides is 1. The van der Waals surface area contributed by atoms with Gasteiger partial charge in [0.25, 0.3) is 11.8 Å². The van der Waals surface area contributed by atoms with E-state index in [0.717, 1.165) is 16.7 Å². The highest BCUT2D eigenvalue weighted by molar-refractivity contribution is 5.75. The van der Waals surface area contributed by atoms with Crippen molar-refractivity contribution in [3.8, 4) is 34.3 Å². The summed E-state index contributed by atoms with van der Waals surface area (Å²) in [4.78, 5) is 15.2. The first kappa shape index (κ1) is 20.1. The van der Waals surface area contributed by atoms with Gasteiger partial charge in [0.2, 0.25) is 5.82 Å².